The van der Waals surface area contributed by atoms with Crippen molar-refractivity contribution in [2.45, 2.75) is 12.8 Å². The van der Waals surface area contributed by atoms with E-state index in [1.807, 2.05) is 18.5 Å². The Labute approximate surface area is 139 Å². The van der Waals surface area contributed by atoms with Crippen LogP contribution in [0.15, 0.2) is 41.7 Å². The average molecular weight is 333 g/mol. The molecule has 3 heterocycles. The average Bonchev–Trinajstić information content (AvgIpc) is 3.09. The summed E-state index contributed by atoms with van der Waals surface area (Å²) >= 11 is 7.40. The van der Waals surface area contributed by atoms with Crippen molar-refractivity contribution in [3.05, 3.63) is 47.4 Å². The van der Waals surface area contributed by atoms with Crippen molar-refractivity contribution < 1.29 is 0 Å². The lowest BCUT2D eigenvalue weighted by Gasteiger charge is -2.16. The largest absolute Gasteiger partial charge is 0.357 e. The molecule has 0 bridgehead atoms. The van der Waals surface area contributed by atoms with Crippen LogP contribution in [-0.4, -0.2) is 34.4 Å². The lowest BCUT2D eigenvalue weighted by Crippen LogP contribution is -2.18. The number of aromatic nitrogens is 2. The first-order chi connectivity index (χ1) is 10.8. The Morgan fingerprint density at radius 3 is 2.55 bits per heavy atom. The number of nitrogens with zero attached hydrogens (tertiary/aromatic N) is 4. The topological polar surface area (TPSA) is 41.4 Å². The summed E-state index contributed by atoms with van der Waals surface area (Å²) < 4.78 is 0. The number of aliphatic imine (C=N–C) groups is 1. The third-order valence-corrected chi connectivity index (χ3v) is 4.50. The second-order valence-electron chi connectivity index (χ2n) is 5.06. The van der Waals surface area contributed by atoms with E-state index in [1.165, 1.54) is 12.8 Å². The summed E-state index contributed by atoms with van der Waals surface area (Å²) in [6, 6.07) is 7.76. The summed E-state index contributed by atoms with van der Waals surface area (Å²) in [4.78, 5) is 15.6. The van der Waals surface area contributed by atoms with Crippen molar-refractivity contribution in [1.29, 1.82) is 0 Å². The standard InChI is InChI=1S/C16H17ClN4S/c1-22-16(20-13-5-6-14(17)18-11-13)12-4-7-15(19-10-12)21-8-2-3-9-21/h4-7,10-11H,2-3,8-9H2,1H3. The molecule has 1 aliphatic heterocycles. The fraction of sp³-hybridized carbons (Fsp3) is 0.312. The summed E-state index contributed by atoms with van der Waals surface area (Å²) in [7, 11) is 0. The molecule has 2 aromatic rings. The summed E-state index contributed by atoms with van der Waals surface area (Å²) in [5.41, 5.74) is 1.81. The van der Waals surface area contributed by atoms with E-state index in [0.717, 1.165) is 35.2 Å². The molecule has 0 saturated carbocycles. The lowest BCUT2D eigenvalue weighted by molar-refractivity contribution is 0.937. The predicted molar refractivity (Wildman–Crippen MR) is 94.6 cm³/mol. The molecule has 1 saturated heterocycles. The van der Waals surface area contributed by atoms with Gasteiger partial charge in [0, 0.05) is 24.8 Å². The first kappa shape index (κ1) is 15.3. The minimum absolute atomic E-state index is 0.473. The van der Waals surface area contributed by atoms with Gasteiger partial charge >= 0.3 is 0 Å². The summed E-state index contributed by atoms with van der Waals surface area (Å²) in [6.07, 6.45) is 8.09. The van der Waals surface area contributed by atoms with Crippen molar-refractivity contribution in [3.8, 4) is 0 Å². The van der Waals surface area contributed by atoms with E-state index in [-0.39, 0.29) is 0 Å². The van der Waals surface area contributed by atoms with E-state index in [2.05, 4.69) is 32.0 Å². The van der Waals surface area contributed by atoms with E-state index < -0.39 is 0 Å². The van der Waals surface area contributed by atoms with Gasteiger partial charge in [0.2, 0.25) is 0 Å². The molecular formula is C16H17ClN4S. The smallest absolute Gasteiger partial charge is 0.129 e. The minimum Gasteiger partial charge on any atom is -0.357 e. The molecule has 114 valence electrons. The van der Waals surface area contributed by atoms with Crippen molar-refractivity contribution in [1.82, 2.24) is 9.97 Å². The summed E-state index contributed by atoms with van der Waals surface area (Å²) in [5, 5.41) is 1.39. The molecule has 0 spiro atoms. The van der Waals surface area contributed by atoms with Gasteiger partial charge in [-0.3, -0.25) is 0 Å². The second kappa shape index (κ2) is 7.11. The predicted octanol–water partition coefficient (Wildman–Crippen LogP) is 4.17. The van der Waals surface area contributed by atoms with E-state index in [0.29, 0.717) is 5.15 Å². The number of halogens is 1. The van der Waals surface area contributed by atoms with Crippen LogP contribution in [0.1, 0.15) is 18.4 Å². The zero-order valence-electron chi connectivity index (χ0n) is 12.4. The highest BCUT2D eigenvalue weighted by molar-refractivity contribution is 8.13. The Bertz CT molecular complexity index is 649. The molecule has 22 heavy (non-hydrogen) atoms. The van der Waals surface area contributed by atoms with Gasteiger partial charge in [-0.15, -0.1) is 11.8 Å². The van der Waals surface area contributed by atoms with Gasteiger partial charge in [0.25, 0.3) is 0 Å². The highest BCUT2D eigenvalue weighted by Crippen LogP contribution is 2.22. The molecule has 0 amide bonds. The monoisotopic (exact) mass is 332 g/mol. The molecule has 0 unspecified atom stereocenters. The molecule has 4 nitrogen and oxygen atoms in total. The van der Waals surface area contributed by atoms with Crippen LogP contribution in [0.3, 0.4) is 0 Å². The van der Waals surface area contributed by atoms with Crippen LogP contribution in [0, 0.1) is 0 Å². The summed E-state index contributed by atoms with van der Waals surface area (Å²) in [6.45, 7) is 2.21. The van der Waals surface area contributed by atoms with Gasteiger partial charge in [0.05, 0.1) is 11.9 Å². The highest BCUT2D eigenvalue weighted by Gasteiger charge is 2.13. The maximum atomic E-state index is 5.80. The molecule has 0 radical (unpaired) electrons. The molecule has 2 aromatic heterocycles. The van der Waals surface area contributed by atoms with Crippen LogP contribution in [0.25, 0.3) is 0 Å². The molecule has 0 aliphatic carbocycles. The van der Waals surface area contributed by atoms with Crippen LogP contribution in [-0.2, 0) is 0 Å². The van der Waals surface area contributed by atoms with Crippen molar-refractivity contribution in [3.63, 3.8) is 0 Å². The molecule has 0 aromatic carbocycles. The molecule has 1 fully saturated rings. The van der Waals surface area contributed by atoms with E-state index in [1.54, 1.807) is 24.0 Å². The van der Waals surface area contributed by atoms with Crippen LogP contribution in [0.2, 0.25) is 5.15 Å². The number of pyridine rings is 2. The van der Waals surface area contributed by atoms with Crippen molar-refractivity contribution in [2.75, 3.05) is 24.2 Å². The zero-order valence-corrected chi connectivity index (χ0v) is 13.9. The maximum absolute atomic E-state index is 5.80. The SMILES string of the molecule is CSC(=Nc1ccc(Cl)nc1)c1ccc(N2CCCC2)nc1. The van der Waals surface area contributed by atoms with E-state index in [4.69, 9.17) is 11.6 Å². The highest BCUT2D eigenvalue weighted by atomic mass is 35.5. The van der Waals surface area contributed by atoms with Crippen LogP contribution in [0.5, 0.6) is 0 Å². The second-order valence-corrected chi connectivity index (χ2v) is 6.24. The first-order valence-corrected chi connectivity index (χ1v) is 8.82. The van der Waals surface area contributed by atoms with Gasteiger partial charge in [0.15, 0.2) is 0 Å². The molecule has 1 aliphatic rings. The third-order valence-electron chi connectivity index (χ3n) is 3.56. The number of anilines is 1. The fourth-order valence-electron chi connectivity index (χ4n) is 2.43. The quantitative estimate of drug-likeness (QED) is 0.480. The first-order valence-electron chi connectivity index (χ1n) is 7.22. The van der Waals surface area contributed by atoms with Gasteiger partial charge < -0.3 is 4.90 Å². The Hall–Kier alpha value is -1.59. The van der Waals surface area contributed by atoms with Crippen LogP contribution < -0.4 is 4.90 Å². The third kappa shape index (κ3) is 3.59. The van der Waals surface area contributed by atoms with Crippen molar-refractivity contribution in [2.24, 2.45) is 4.99 Å². The van der Waals surface area contributed by atoms with Gasteiger partial charge in [0.1, 0.15) is 16.0 Å². The zero-order chi connectivity index (χ0) is 15.4. The van der Waals surface area contributed by atoms with E-state index >= 15 is 0 Å². The molecule has 0 N–H and O–H groups in total. The molecule has 6 heteroatoms. The number of hydrogen-bond acceptors (Lipinski definition) is 5. The fourth-order valence-corrected chi connectivity index (χ4v) is 3.09. The van der Waals surface area contributed by atoms with Crippen molar-refractivity contribution >= 4 is 39.9 Å². The normalized spacial score (nSPS) is 15.4. The van der Waals surface area contributed by atoms with Gasteiger partial charge in [-0.05, 0) is 43.4 Å². The minimum atomic E-state index is 0.473. The number of hydrogen-bond donors (Lipinski definition) is 0. The number of thioether (sulfide) groups is 1. The molecule has 0 atom stereocenters. The lowest BCUT2D eigenvalue weighted by atomic mass is 10.3. The number of rotatable bonds is 3. The van der Waals surface area contributed by atoms with Gasteiger partial charge in [-0.1, -0.05) is 11.6 Å². The Kier molecular flexibility index (Phi) is 4.95. The maximum Gasteiger partial charge on any atom is 0.129 e. The van der Waals surface area contributed by atoms with E-state index in [9.17, 15) is 0 Å². The van der Waals surface area contributed by atoms with Gasteiger partial charge in [-0.25, -0.2) is 15.0 Å². The Balaban J connectivity index is 1.82. The van der Waals surface area contributed by atoms with Crippen LogP contribution >= 0.6 is 23.4 Å². The molecular weight excluding hydrogens is 316 g/mol. The Morgan fingerprint density at radius 1 is 1.14 bits per heavy atom. The molecule has 3 rings (SSSR count). The van der Waals surface area contributed by atoms with Crippen LogP contribution in [0.4, 0.5) is 11.5 Å². The van der Waals surface area contributed by atoms with Gasteiger partial charge in [-0.2, -0.15) is 0 Å². The summed E-state index contributed by atoms with van der Waals surface area (Å²) in [5.74, 6) is 1.05. The Morgan fingerprint density at radius 2 is 1.95 bits per heavy atom.